The Morgan fingerprint density at radius 1 is 1.15 bits per heavy atom. The zero-order valence-corrected chi connectivity index (χ0v) is 12.8. The van der Waals surface area contributed by atoms with Gasteiger partial charge in [-0.3, -0.25) is 10.1 Å². The molecular weight excluding hydrogens is 246 g/mol. The number of hydrogen-bond acceptors (Lipinski definition) is 2. The molecule has 0 radical (unpaired) electrons. The summed E-state index contributed by atoms with van der Waals surface area (Å²) in [5.74, 6) is 0. The van der Waals surface area contributed by atoms with Crippen LogP contribution in [0.25, 0.3) is 11.4 Å². The van der Waals surface area contributed by atoms with Crippen molar-refractivity contribution in [2.24, 2.45) is 0 Å². The fourth-order valence-corrected chi connectivity index (χ4v) is 2.54. The van der Waals surface area contributed by atoms with Gasteiger partial charge in [0.2, 0.25) is 0 Å². The molecular formula is C17H25N3. The lowest BCUT2D eigenvalue weighted by Gasteiger charge is -2.26. The second-order valence-electron chi connectivity index (χ2n) is 5.75. The minimum Gasteiger partial charge on any atom is -0.281 e. The van der Waals surface area contributed by atoms with Crippen LogP contribution >= 0.6 is 0 Å². The van der Waals surface area contributed by atoms with Gasteiger partial charge >= 0.3 is 0 Å². The summed E-state index contributed by atoms with van der Waals surface area (Å²) in [4.78, 5) is 4.36. The Kier molecular flexibility index (Phi) is 4.94. The normalized spacial score (nSPS) is 14.2. The molecule has 1 atom stereocenters. The van der Waals surface area contributed by atoms with E-state index >= 15 is 0 Å². The number of rotatable bonds is 7. The number of nitrogens with zero attached hydrogens (tertiary/aromatic N) is 2. The van der Waals surface area contributed by atoms with E-state index in [-0.39, 0.29) is 5.41 Å². The molecule has 2 rings (SSSR count). The van der Waals surface area contributed by atoms with E-state index in [1.807, 2.05) is 24.4 Å². The van der Waals surface area contributed by atoms with Crippen molar-refractivity contribution in [2.45, 2.75) is 58.3 Å². The van der Waals surface area contributed by atoms with Gasteiger partial charge in [-0.15, -0.1) is 0 Å². The molecule has 1 unspecified atom stereocenters. The van der Waals surface area contributed by atoms with Crippen molar-refractivity contribution in [3.63, 3.8) is 0 Å². The molecule has 0 aromatic carbocycles. The molecule has 108 valence electrons. The van der Waals surface area contributed by atoms with Crippen LogP contribution in [0.3, 0.4) is 0 Å². The Morgan fingerprint density at radius 3 is 2.65 bits per heavy atom. The lowest BCUT2D eigenvalue weighted by molar-refractivity contribution is 0.387. The maximum absolute atomic E-state index is 4.44. The van der Waals surface area contributed by atoms with Gasteiger partial charge < -0.3 is 0 Å². The molecule has 3 heteroatoms. The maximum atomic E-state index is 4.44. The number of unbranched alkanes of at least 4 members (excludes halogenated alkanes) is 2. The highest BCUT2D eigenvalue weighted by atomic mass is 15.1. The fraction of sp³-hybridized carbons (Fsp3) is 0.529. The van der Waals surface area contributed by atoms with Crippen molar-refractivity contribution in [2.75, 3.05) is 0 Å². The van der Waals surface area contributed by atoms with Crippen molar-refractivity contribution in [1.29, 1.82) is 0 Å². The molecule has 2 heterocycles. The van der Waals surface area contributed by atoms with E-state index in [4.69, 9.17) is 0 Å². The summed E-state index contributed by atoms with van der Waals surface area (Å²) < 4.78 is 0. The molecule has 2 aromatic heterocycles. The topological polar surface area (TPSA) is 41.6 Å². The van der Waals surface area contributed by atoms with Crippen LogP contribution in [-0.4, -0.2) is 15.2 Å². The summed E-state index contributed by atoms with van der Waals surface area (Å²) >= 11 is 0. The summed E-state index contributed by atoms with van der Waals surface area (Å²) in [5, 5.41) is 7.67. The van der Waals surface area contributed by atoms with E-state index in [9.17, 15) is 0 Å². The predicted octanol–water partition coefficient (Wildman–Crippen LogP) is 4.72. The van der Waals surface area contributed by atoms with Gasteiger partial charge in [0.15, 0.2) is 0 Å². The van der Waals surface area contributed by atoms with E-state index in [1.165, 1.54) is 31.4 Å². The average Bonchev–Trinajstić information content (AvgIpc) is 2.99. The van der Waals surface area contributed by atoms with Gasteiger partial charge in [-0.25, -0.2) is 0 Å². The number of H-pyrrole nitrogens is 1. The van der Waals surface area contributed by atoms with Crippen molar-refractivity contribution in [3.8, 4) is 11.4 Å². The van der Waals surface area contributed by atoms with Crippen LogP contribution in [0.15, 0.2) is 30.5 Å². The molecule has 20 heavy (non-hydrogen) atoms. The summed E-state index contributed by atoms with van der Waals surface area (Å²) in [6, 6.07) is 8.09. The van der Waals surface area contributed by atoms with E-state index in [0.717, 1.165) is 17.8 Å². The quantitative estimate of drug-likeness (QED) is 0.740. The Morgan fingerprint density at radius 2 is 2.00 bits per heavy atom. The first-order valence-electron chi connectivity index (χ1n) is 7.67. The van der Waals surface area contributed by atoms with E-state index in [0.29, 0.717) is 0 Å². The number of aromatic amines is 1. The van der Waals surface area contributed by atoms with Gasteiger partial charge in [0.05, 0.1) is 5.69 Å². The van der Waals surface area contributed by atoms with Crippen molar-refractivity contribution in [1.82, 2.24) is 15.2 Å². The summed E-state index contributed by atoms with van der Waals surface area (Å²) in [6.07, 6.45) is 7.99. The summed E-state index contributed by atoms with van der Waals surface area (Å²) in [6.45, 7) is 6.84. The molecule has 0 fully saturated rings. The van der Waals surface area contributed by atoms with E-state index < -0.39 is 0 Å². The van der Waals surface area contributed by atoms with Crippen LogP contribution in [0.2, 0.25) is 0 Å². The van der Waals surface area contributed by atoms with Crippen molar-refractivity contribution in [3.05, 3.63) is 36.2 Å². The number of nitrogens with one attached hydrogen (secondary N) is 1. The van der Waals surface area contributed by atoms with Crippen LogP contribution in [0, 0.1) is 0 Å². The third-order valence-electron chi connectivity index (χ3n) is 4.27. The second-order valence-corrected chi connectivity index (χ2v) is 5.75. The van der Waals surface area contributed by atoms with Gasteiger partial charge in [-0.2, -0.15) is 5.10 Å². The first-order valence-corrected chi connectivity index (χ1v) is 7.67. The predicted molar refractivity (Wildman–Crippen MR) is 83.6 cm³/mol. The third-order valence-corrected chi connectivity index (χ3v) is 4.27. The fourth-order valence-electron chi connectivity index (χ4n) is 2.54. The zero-order valence-electron chi connectivity index (χ0n) is 12.8. The van der Waals surface area contributed by atoms with Gasteiger partial charge in [0.1, 0.15) is 5.69 Å². The number of pyridine rings is 1. The van der Waals surface area contributed by atoms with E-state index in [1.54, 1.807) is 0 Å². The standard InChI is InChI=1S/C17H25N3/c1-4-6-8-11-17(3,5-2)16-13-15(19-20-16)14-10-7-9-12-18-14/h7,9-10,12-13H,4-6,8,11H2,1-3H3,(H,19,20). The summed E-state index contributed by atoms with van der Waals surface area (Å²) in [7, 11) is 0. The van der Waals surface area contributed by atoms with Crippen LogP contribution in [0.4, 0.5) is 0 Å². The minimum atomic E-state index is 0.190. The Labute approximate surface area is 121 Å². The smallest absolute Gasteiger partial charge is 0.111 e. The van der Waals surface area contributed by atoms with Crippen LogP contribution in [0.1, 0.15) is 58.6 Å². The molecule has 0 saturated heterocycles. The zero-order chi connectivity index (χ0) is 14.4. The Bertz CT molecular complexity index is 518. The van der Waals surface area contributed by atoms with Crippen molar-refractivity contribution < 1.29 is 0 Å². The lowest BCUT2D eigenvalue weighted by Crippen LogP contribution is -2.21. The maximum Gasteiger partial charge on any atom is 0.111 e. The van der Waals surface area contributed by atoms with Crippen LogP contribution in [0.5, 0.6) is 0 Å². The Hall–Kier alpha value is -1.64. The molecule has 1 N–H and O–H groups in total. The molecule has 0 bridgehead atoms. The van der Waals surface area contributed by atoms with Crippen LogP contribution in [-0.2, 0) is 5.41 Å². The van der Waals surface area contributed by atoms with E-state index in [2.05, 4.69) is 42.0 Å². The highest BCUT2D eigenvalue weighted by Crippen LogP contribution is 2.33. The third kappa shape index (κ3) is 3.27. The van der Waals surface area contributed by atoms with Gasteiger partial charge in [-0.05, 0) is 31.0 Å². The average molecular weight is 271 g/mol. The molecule has 0 aliphatic carbocycles. The number of hydrogen-bond donors (Lipinski definition) is 1. The molecule has 0 spiro atoms. The molecule has 0 saturated carbocycles. The molecule has 0 aliphatic heterocycles. The monoisotopic (exact) mass is 271 g/mol. The van der Waals surface area contributed by atoms with Gasteiger partial charge in [-0.1, -0.05) is 46.1 Å². The molecule has 0 aliphatic rings. The highest BCUT2D eigenvalue weighted by molar-refractivity contribution is 5.54. The van der Waals surface area contributed by atoms with Crippen molar-refractivity contribution >= 4 is 0 Å². The molecule has 3 nitrogen and oxygen atoms in total. The second kappa shape index (κ2) is 6.69. The lowest BCUT2D eigenvalue weighted by atomic mass is 9.79. The Balaban J connectivity index is 2.17. The first-order chi connectivity index (χ1) is 9.69. The van der Waals surface area contributed by atoms with Gasteiger partial charge in [0.25, 0.3) is 0 Å². The summed E-state index contributed by atoms with van der Waals surface area (Å²) in [5.41, 5.74) is 3.30. The molecule has 2 aromatic rings. The molecule has 0 amide bonds. The first kappa shape index (κ1) is 14.8. The minimum absolute atomic E-state index is 0.190. The number of aromatic nitrogens is 3. The van der Waals surface area contributed by atoms with Gasteiger partial charge in [0, 0.05) is 17.3 Å². The SMILES string of the molecule is CCCCCC(C)(CC)c1cc(-c2ccccn2)n[nH]1. The largest absolute Gasteiger partial charge is 0.281 e. The van der Waals surface area contributed by atoms with Crippen LogP contribution < -0.4 is 0 Å². The highest BCUT2D eigenvalue weighted by Gasteiger charge is 2.26.